The summed E-state index contributed by atoms with van der Waals surface area (Å²) in [4.78, 5) is 13.1. The van der Waals surface area contributed by atoms with Crippen LogP contribution in [-0.2, 0) is 14.3 Å². The molecule has 1 N–H and O–H groups in total. The van der Waals surface area contributed by atoms with E-state index in [0.717, 1.165) is 55.0 Å². The van der Waals surface area contributed by atoms with Crippen molar-refractivity contribution in [2.75, 3.05) is 6.61 Å². The summed E-state index contributed by atoms with van der Waals surface area (Å²) in [6.45, 7) is 6.78. The summed E-state index contributed by atoms with van der Waals surface area (Å²) in [5.41, 5.74) is 0.437. The number of hydrogen-bond donors (Lipinski definition) is 1. The third-order valence-corrected chi connectivity index (χ3v) is 10.8. The van der Waals surface area contributed by atoms with E-state index in [9.17, 15) is 9.90 Å². The van der Waals surface area contributed by atoms with Gasteiger partial charge in [-0.15, -0.1) is 0 Å². The van der Waals surface area contributed by atoms with Gasteiger partial charge in [0.05, 0.1) is 12.7 Å². The van der Waals surface area contributed by atoms with E-state index in [-0.39, 0.29) is 23.4 Å². The first-order valence-corrected chi connectivity index (χ1v) is 14.0. The predicted octanol–water partition coefficient (Wildman–Crippen LogP) is 5.73. The zero-order valence-corrected chi connectivity index (χ0v) is 20.9. The van der Waals surface area contributed by atoms with Crippen molar-refractivity contribution in [3.05, 3.63) is 11.6 Å². The standard InChI is InChI=1S/C29H44O4/c1-16(2)28(32-15-25-22-6-18-4-19(8-22)9-23(25)7-18)33-27(31)17(3)12-29-13-20-5-21(14-29)11-24(10-20)26(29)30/h12,16,18-26,28,30H,4-11,13-15H2,1-3H3. The summed E-state index contributed by atoms with van der Waals surface area (Å²) < 4.78 is 12.3. The third-order valence-electron chi connectivity index (χ3n) is 10.8. The average Bonchev–Trinajstić information content (AvgIpc) is 2.74. The third kappa shape index (κ3) is 4.01. The Bertz CT molecular complexity index is 757. The molecule has 8 bridgehead atoms. The molecule has 8 saturated carbocycles. The molecule has 4 heteroatoms. The number of carbonyl (C=O) groups excluding carboxylic acids is 1. The molecule has 8 rings (SSSR count). The van der Waals surface area contributed by atoms with Gasteiger partial charge in [-0.1, -0.05) is 19.9 Å². The normalized spacial score (nSPS) is 48.5. The highest BCUT2D eigenvalue weighted by Crippen LogP contribution is 2.61. The van der Waals surface area contributed by atoms with E-state index in [2.05, 4.69) is 19.9 Å². The maximum atomic E-state index is 13.1. The number of rotatable bonds is 7. The first-order valence-electron chi connectivity index (χ1n) is 14.0. The second kappa shape index (κ2) is 8.36. The van der Waals surface area contributed by atoms with Crippen LogP contribution in [-0.4, -0.2) is 30.1 Å². The first-order chi connectivity index (χ1) is 15.8. The smallest absolute Gasteiger partial charge is 0.335 e. The molecular formula is C29H44O4. The van der Waals surface area contributed by atoms with Gasteiger partial charge in [0.15, 0.2) is 0 Å². The lowest BCUT2D eigenvalue weighted by molar-refractivity contribution is -0.196. The highest BCUT2D eigenvalue weighted by Gasteiger charge is 2.56. The molecule has 8 fully saturated rings. The number of hydrogen-bond acceptors (Lipinski definition) is 4. The molecule has 0 aromatic rings. The molecule has 0 saturated heterocycles. The van der Waals surface area contributed by atoms with Gasteiger partial charge < -0.3 is 14.6 Å². The molecule has 4 unspecified atom stereocenters. The summed E-state index contributed by atoms with van der Waals surface area (Å²) in [5.74, 6) is 5.96. The topological polar surface area (TPSA) is 55.8 Å². The van der Waals surface area contributed by atoms with Crippen LogP contribution in [0, 0.1) is 58.7 Å². The number of ether oxygens (including phenoxy) is 2. The first kappa shape index (κ1) is 22.6. The van der Waals surface area contributed by atoms with Crippen LogP contribution in [0.2, 0.25) is 0 Å². The lowest BCUT2D eigenvalue weighted by Crippen LogP contribution is -2.55. The van der Waals surface area contributed by atoms with E-state index in [1.165, 1.54) is 51.4 Å². The van der Waals surface area contributed by atoms with Crippen molar-refractivity contribution >= 4 is 5.97 Å². The summed E-state index contributed by atoms with van der Waals surface area (Å²) in [6, 6.07) is 0. The number of esters is 1. The van der Waals surface area contributed by atoms with Crippen molar-refractivity contribution in [3.63, 3.8) is 0 Å². The summed E-state index contributed by atoms with van der Waals surface area (Å²) in [7, 11) is 0. The zero-order valence-electron chi connectivity index (χ0n) is 20.9. The molecule has 0 heterocycles. The van der Waals surface area contributed by atoms with Gasteiger partial charge in [-0.25, -0.2) is 4.79 Å². The molecule has 0 aliphatic heterocycles. The summed E-state index contributed by atoms with van der Waals surface area (Å²) in [6.07, 6.45) is 14.1. The highest BCUT2D eigenvalue weighted by atomic mass is 16.7. The van der Waals surface area contributed by atoms with E-state index >= 15 is 0 Å². The van der Waals surface area contributed by atoms with Crippen LogP contribution in [0.4, 0.5) is 0 Å². The van der Waals surface area contributed by atoms with Crippen LogP contribution in [0.25, 0.3) is 0 Å². The molecule has 8 aliphatic carbocycles. The maximum Gasteiger partial charge on any atom is 0.335 e. The molecule has 4 atom stereocenters. The zero-order chi connectivity index (χ0) is 22.9. The van der Waals surface area contributed by atoms with Crippen molar-refractivity contribution in [2.45, 2.75) is 97.4 Å². The Hall–Kier alpha value is -0.870. The van der Waals surface area contributed by atoms with Crippen molar-refractivity contribution in [2.24, 2.45) is 58.7 Å². The quantitative estimate of drug-likeness (QED) is 0.302. The van der Waals surface area contributed by atoms with E-state index in [4.69, 9.17) is 9.47 Å². The minimum Gasteiger partial charge on any atom is -0.432 e. The average molecular weight is 457 g/mol. The van der Waals surface area contributed by atoms with E-state index in [1.54, 1.807) is 0 Å². The maximum absolute atomic E-state index is 13.1. The Morgan fingerprint density at radius 3 is 2.03 bits per heavy atom. The molecule has 0 spiro atoms. The van der Waals surface area contributed by atoms with Crippen molar-refractivity contribution in [3.8, 4) is 0 Å². The van der Waals surface area contributed by atoms with Crippen molar-refractivity contribution < 1.29 is 19.4 Å². The lowest BCUT2D eigenvalue weighted by Gasteiger charge is -2.58. The van der Waals surface area contributed by atoms with E-state index < -0.39 is 6.29 Å². The fraction of sp³-hybridized carbons (Fsp3) is 0.897. The second-order valence-electron chi connectivity index (χ2n) is 13.6. The molecule has 4 nitrogen and oxygen atoms in total. The van der Waals surface area contributed by atoms with Crippen molar-refractivity contribution in [1.82, 2.24) is 0 Å². The number of aliphatic hydroxyl groups is 1. The van der Waals surface area contributed by atoms with Crippen LogP contribution in [0.1, 0.15) is 85.0 Å². The Morgan fingerprint density at radius 2 is 1.45 bits per heavy atom. The minimum absolute atomic E-state index is 0.128. The molecule has 0 aromatic heterocycles. The Labute approximate surface area is 199 Å². The van der Waals surface area contributed by atoms with Gasteiger partial charge in [0, 0.05) is 16.9 Å². The van der Waals surface area contributed by atoms with Gasteiger partial charge in [-0.05, 0) is 118 Å². The Balaban J connectivity index is 1.10. The molecule has 0 amide bonds. The van der Waals surface area contributed by atoms with E-state index in [1.807, 2.05) is 6.92 Å². The second-order valence-corrected chi connectivity index (χ2v) is 13.6. The van der Waals surface area contributed by atoms with Crippen LogP contribution in [0.5, 0.6) is 0 Å². The molecule has 33 heavy (non-hydrogen) atoms. The molecule has 0 aromatic carbocycles. The fourth-order valence-electron chi connectivity index (χ4n) is 9.85. The molecule has 0 radical (unpaired) electrons. The van der Waals surface area contributed by atoms with Crippen LogP contribution < -0.4 is 0 Å². The number of carbonyl (C=O) groups is 1. The van der Waals surface area contributed by atoms with E-state index in [0.29, 0.717) is 17.4 Å². The van der Waals surface area contributed by atoms with Gasteiger partial charge in [-0.3, -0.25) is 0 Å². The Morgan fingerprint density at radius 1 is 0.909 bits per heavy atom. The highest BCUT2D eigenvalue weighted by molar-refractivity contribution is 5.88. The molecular weight excluding hydrogens is 412 g/mol. The predicted molar refractivity (Wildman–Crippen MR) is 127 cm³/mol. The summed E-state index contributed by atoms with van der Waals surface area (Å²) in [5, 5.41) is 11.1. The monoisotopic (exact) mass is 456 g/mol. The van der Waals surface area contributed by atoms with Crippen molar-refractivity contribution in [1.29, 1.82) is 0 Å². The van der Waals surface area contributed by atoms with Crippen LogP contribution >= 0.6 is 0 Å². The SMILES string of the molecule is CC(=CC12CC3CC(CC(C3)C1O)C2)C(=O)OC(OCC1C2CC3CC(C2)CC1C3)C(C)C. The van der Waals surface area contributed by atoms with Gasteiger partial charge in [0.1, 0.15) is 0 Å². The summed E-state index contributed by atoms with van der Waals surface area (Å²) >= 11 is 0. The number of aliphatic hydroxyl groups excluding tert-OH is 1. The largest absolute Gasteiger partial charge is 0.432 e. The fourth-order valence-corrected chi connectivity index (χ4v) is 9.85. The lowest BCUT2D eigenvalue weighted by atomic mass is 9.48. The van der Waals surface area contributed by atoms with Crippen LogP contribution in [0.15, 0.2) is 11.6 Å². The van der Waals surface area contributed by atoms with Gasteiger partial charge in [0.25, 0.3) is 0 Å². The van der Waals surface area contributed by atoms with Crippen LogP contribution in [0.3, 0.4) is 0 Å². The van der Waals surface area contributed by atoms with Gasteiger partial charge in [-0.2, -0.15) is 0 Å². The molecule has 8 aliphatic rings. The Kier molecular flexibility index (Phi) is 5.72. The minimum atomic E-state index is -0.487. The van der Waals surface area contributed by atoms with Gasteiger partial charge in [0.2, 0.25) is 6.29 Å². The molecule has 184 valence electrons. The van der Waals surface area contributed by atoms with Gasteiger partial charge >= 0.3 is 5.97 Å².